The third-order valence-corrected chi connectivity index (χ3v) is 3.73. The van der Waals surface area contributed by atoms with Gasteiger partial charge in [-0.15, -0.1) is 0 Å². The fraction of sp³-hybridized carbons (Fsp3) is 0.562. The number of aliphatic hydroxyl groups excluding tert-OH is 1. The van der Waals surface area contributed by atoms with Gasteiger partial charge in [-0.25, -0.2) is 4.79 Å². The number of benzene rings is 1. The van der Waals surface area contributed by atoms with Gasteiger partial charge in [-0.3, -0.25) is 0 Å². The van der Waals surface area contributed by atoms with Crippen molar-refractivity contribution in [2.45, 2.75) is 32.8 Å². The van der Waals surface area contributed by atoms with Crippen molar-refractivity contribution < 1.29 is 19.4 Å². The second kappa shape index (κ2) is 8.39. The third kappa shape index (κ3) is 6.66. The summed E-state index contributed by atoms with van der Waals surface area (Å²) in [6.07, 6.45) is 0.139. The molecule has 6 heteroatoms. The molecule has 5 nitrogen and oxygen atoms in total. The maximum absolute atomic E-state index is 11.7. The Morgan fingerprint density at radius 2 is 2.09 bits per heavy atom. The van der Waals surface area contributed by atoms with Crippen LogP contribution in [0.15, 0.2) is 22.7 Å². The molecule has 1 rings (SSSR count). The van der Waals surface area contributed by atoms with Crippen LogP contribution in [-0.2, 0) is 11.2 Å². The molecule has 0 radical (unpaired) electrons. The van der Waals surface area contributed by atoms with Crippen molar-refractivity contribution >= 4 is 22.0 Å². The van der Waals surface area contributed by atoms with Gasteiger partial charge in [0, 0.05) is 23.5 Å². The Kier molecular flexibility index (Phi) is 7.16. The number of ether oxygens (including phenoxy) is 2. The first-order valence-electron chi connectivity index (χ1n) is 7.15. The predicted octanol–water partition coefficient (Wildman–Crippen LogP) is 3.13. The van der Waals surface area contributed by atoms with E-state index in [1.165, 1.54) is 0 Å². The van der Waals surface area contributed by atoms with Crippen molar-refractivity contribution in [3.8, 4) is 5.75 Å². The molecule has 0 bridgehead atoms. The van der Waals surface area contributed by atoms with Crippen LogP contribution in [-0.4, -0.2) is 37.1 Å². The Morgan fingerprint density at radius 3 is 2.64 bits per heavy atom. The van der Waals surface area contributed by atoms with Gasteiger partial charge in [0.05, 0.1) is 7.11 Å². The summed E-state index contributed by atoms with van der Waals surface area (Å²) in [5, 5.41) is 12.2. The summed E-state index contributed by atoms with van der Waals surface area (Å²) >= 11 is 3.49. The van der Waals surface area contributed by atoms with Crippen molar-refractivity contribution in [2.75, 3.05) is 20.3 Å². The summed E-state index contributed by atoms with van der Waals surface area (Å²) in [5.41, 5.74) is 0.485. The Bertz CT molecular complexity index is 499. The number of alkyl carbamates (subject to hydrolysis) is 1. The average Bonchev–Trinajstić information content (AvgIpc) is 2.43. The SMILES string of the molecule is COc1ccc(Br)c(CC(CO)CNC(=O)OC(C)(C)C)c1. The van der Waals surface area contributed by atoms with Gasteiger partial charge in [-0.05, 0) is 51.0 Å². The van der Waals surface area contributed by atoms with Gasteiger partial charge in [0.25, 0.3) is 0 Å². The standard InChI is InChI=1S/C16H24BrNO4/c1-16(2,3)22-15(20)18-9-11(10-19)7-12-8-13(21-4)5-6-14(12)17/h5-6,8,11,19H,7,9-10H2,1-4H3,(H,18,20). The van der Waals surface area contributed by atoms with Crippen LogP contribution in [0.25, 0.3) is 0 Å². The second-order valence-electron chi connectivity index (χ2n) is 6.09. The highest BCUT2D eigenvalue weighted by atomic mass is 79.9. The Balaban J connectivity index is 2.60. The smallest absolute Gasteiger partial charge is 0.407 e. The summed E-state index contributed by atoms with van der Waals surface area (Å²) < 4.78 is 11.3. The minimum absolute atomic E-state index is 0.0283. The maximum atomic E-state index is 11.7. The van der Waals surface area contributed by atoms with Crippen molar-refractivity contribution in [3.63, 3.8) is 0 Å². The topological polar surface area (TPSA) is 67.8 Å². The van der Waals surface area contributed by atoms with Gasteiger partial charge in [-0.1, -0.05) is 15.9 Å². The molecule has 0 fully saturated rings. The number of carbonyl (C=O) groups is 1. The number of carbonyl (C=O) groups excluding carboxylic acids is 1. The van der Waals surface area contributed by atoms with E-state index in [1.807, 2.05) is 39.0 Å². The van der Waals surface area contributed by atoms with Crippen LogP contribution in [0.5, 0.6) is 5.75 Å². The molecule has 0 saturated heterocycles. The first-order chi connectivity index (χ1) is 10.2. The van der Waals surface area contributed by atoms with E-state index in [0.717, 1.165) is 15.8 Å². The molecule has 0 saturated carbocycles. The van der Waals surface area contributed by atoms with E-state index in [1.54, 1.807) is 7.11 Å². The van der Waals surface area contributed by atoms with E-state index in [4.69, 9.17) is 9.47 Å². The van der Waals surface area contributed by atoms with E-state index in [2.05, 4.69) is 21.2 Å². The third-order valence-electron chi connectivity index (χ3n) is 2.95. The number of hydrogen-bond acceptors (Lipinski definition) is 4. The molecule has 2 N–H and O–H groups in total. The predicted molar refractivity (Wildman–Crippen MR) is 89.2 cm³/mol. The van der Waals surface area contributed by atoms with E-state index >= 15 is 0 Å². The lowest BCUT2D eigenvalue weighted by molar-refractivity contribution is 0.0512. The first kappa shape index (κ1) is 18.8. The number of rotatable bonds is 6. The van der Waals surface area contributed by atoms with Crippen molar-refractivity contribution in [3.05, 3.63) is 28.2 Å². The molecule has 22 heavy (non-hydrogen) atoms. The molecule has 0 aliphatic heterocycles. The monoisotopic (exact) mass is 373 g/mol. The van der Waals surface area contributed by atoms with E-state index in [0.29, 0.717) is 13.0 Å². The Morgan fingerprint density at radius 1 is 1.41 bits per heavy atom. The number of methoxy groups -OCH3 is 1. The van der Waals surface area contributed by atoms with Gasteiger partial charge in [-0.2, -0.15) is 0 Å². The molecule has 1 aromatic carbocycles. The number of halogens is 1. The average molecular weight is 374 g/mol. The molecule has 0 aromatic heterocycles. The molecule has 1 unspecified atom stereocenters. The molecule has 0 spiro atoms. The van der Waals surface area contributed by atoms with Crippen LogP contribution in [0.4, 0.5) is 4.79 Å². The van der Waals surface area contributed by atoms with Crippen LogP contribution in [0, 0.1) is 5.92 Å². The van der Waals surface area contributed by atoms with Crippen molar-refractivity contribution in [1.29, 1.82) is 0 Å². The highest BCUT2D eigenvalue weighted by molar-refractivity contribution is 9.10. The Hall–Kier alpha value is -1.27. The fourth-order valence-corrected chi connectivity index (χ4v) is 2.30. The van der Waals surface area contributed by atoms with Crippen molar-refractivity contribution in [2.24, 2.45) is 5.92 Å². The van der Waals surface area contributed by atoms with Gasteiger partial charge < -0.3 is 19.9 Å². The molecule has 1 amide bonds. The van der Waals surface area contributed by atoms with Crippen molar-refractivity contribution in [1.82, 2.24) is 5.32 Å². The van der Waals surface area contributed by atoms with Crippen LogP contribution in [0.2, 0.25) is 0 Å². The summed E-state index contributed by atoms with van der Waals surface area (Å²) in [6.45, 7) is 5.74. The van der Waals surface area contributed by atoms with Gasteiger partial charge >= 0.3 is 6.09 Å². The lowest BCUT2D eigenvalue weighted by Gasteiger charge is -2.21. The van der Waals surface area contributed by atoms with E-state index in [-0.39, 0.29) is 12.5 Å². The normalized spacial score (nSPS) is 12.6. The highest BCUT2D eigenvalue weighted by Crippen LogP contribution is 2.24. The highest BCUT2D eigenvalue weighted by Gasteiger charge is 2.18. The quantitative estimate of drug-likeness (QED) is 0.803. The van der Waals surface area contributed by atoms with Gasteiger partial charge in [0.2, 0.25) is 0 Å². The van der Waals surface area contributed by atoms with Crippen LogP contribution in [0.1, 0.15) is 26.3 Å². The molecule has 1 atom stereocenters. The lowest BCUT2D eigenvalue weighted by Crippen LogP contribution is -2.36. The van der Waals surface area contributed by atoms with Crippen LogP contribution < -0.4 is 10.1 Å². The molecular formula is C16H24BrNO4. The zero-order valence-corrected chi connectivity index (χ0v) is 15.1. The Labute approximate surface area is 140 Å². The summed E-state index contributed by atoms with van der Waals surface area (Å²) in [5.74, 6) is 0.658. The lowest BCUT2D eigenvalue weighted by atomic mass is 10.00. The first-order valence-corrected chi connectivity index (χ1v) is 7.94. The number of amides is 1. The van der Waals surface area contributed by atoms with Crippen LogP contribution in [0.3, 0.4) is 0 Å². The minimum Gasteiger partial charge on any atom is -0.497 e. The molecule has 0 heterocycles. The largest absolute Gasteiger partial charge is 0.497 e. The molecule has 0 aliphatic carbocycles. The summed E-state index contributed by atoms with van der Waals surface area (Å²) in [4.78, 5) is 11.7. The number of nitrogens with one attached hydrogen (secondary N) is 1. The number of hydrogen-bond donors (Lipinski definition) is 2. The van der Waals surface area contributed by atoms with E-state index in [9.17, 15) is 9.90 Å². The minimum atomic E-state index is -0.533. The zero-order chi connectivity index (χ0) is 16.8. The summed E-state index contributed by atoms with van der Waals surface area (Å²) in [7, 11) is 1.61. The molecule has 1 aromatic rings. The van der Waals surface area contributed by atoms with Gasteiger partial charge in [0.15, 0.2) is 0 Å². The van der Waals surface area contributed by atoms with E-state index < -0.39 is 11.7 Å². The maximum Gasteiger partial charge on any atom is 0.407 e. The van der Waals surface area contributed by atoms with Gasteiger partial charge in [0.1, 0.15) is 11.4 Å². The summed E-state index contributed by atoms with van der Waals surface area (Å²) in [6, 6.07) is 5.69. The number of aliphatic hydroxyl groups is 1. The zero-order valence-electron chi connectivity index (χ0n) is 13.5. The molecule has 0 aliphatic rings. The van der Waals surface area contributed by atoms with Crippen LogP contribution >= 0.6 is 15.9 Å². The molecular weight excluding hydrogens is 350 g/mol. The second-order valence-corrected chi connectivity index (χ2v) is 6.95. The molecule has 124 valence electrons. The fourth-order valence-electron chi connectivity index (χ4n) is 1.89.